The van der Waals surface area contributed by atoms with Gasteiger partial charge in [-0.05, 0) is 48.7 Å². The largest absolute Gasteiger partial charge is 0.379 e. The smallest absolute Gasteiger partial charge is 0.269 e. The molecule has 2 aromatic carbocycles. The Hall–Kier alpha value is -4.75. The third kappa shape index (κ3) is 6.78. The number of non-ortho nitro benzene ring substituents is 1. The molecule has 13 nitrogen and oxygen atoms in total. The van der Waals surface area contributed by atoms with E-state index in [1.165, 1.54) is 12.1 Å². The van der Waals surface area contributed by atoms with E-state index in [4.69, 9.17) is 4.74 Å². The highest BCUT2D eigenvalue weighted by molar-refractivity contribution is 6.00. The third-order valence-electron chi connectivity index (χ3n) is 10.1. The highest BCUT2D eigenvalue weighted by Gasteiger charge is 2.35. The molecule has 2 bridgehead atoms. The molecular weight excluding hydrogens is 614 g/mol. The number of benzene rings is 2. The van der Waals surface area contributed by atoms with Crippen LogP contribution < -0.4 is 20.7 Å². The Morgan fingerprint density at radius 3 is 2.42 bits per heavy atom. The van der Waals surface area contributed by atoms with Crippen molar-refractivity contribution in [2.45, 2.75) is 25.3 Å². The second-order valence-corrected chi connectivity index (χ2v) is 13.1. The Balaban J connectivity index is 1.08. The third-order valence-corrected chi connectivity index (χ3v) is 10.1. The summed E-state index contributed by atoms with van der Waals surface area (Å²) in [4.78, 5) is 58.8. The van der Waals surface area contributed by atoms with Crippen LogP contribution in [0.25, 0.3) is 0 Å². The summed E-state index contributed by atoms with van der Waals surface area (Å²) in [6.45, 7) is 7.97. The molecule has 1 N–H and O–H groups in total. The zero-order chi connectivity index (χ0) is 33.2. The number of piperazine rings is 1. The molecule has 0 radical (unpaired) electrons. The van der Waals surface area contributed by atoms with Gasteiger partial charge in [0.2, 0.25) is 5.91 Å². The molecule has 1 aromatic heterocycles. The number of aromatic nitrogens is 1. The van der Waals surface area contributed by atoms with Crippen molar-refractivity contribution in [3.63, 3.8) is 0 Å². The lowest BCUT2D eigenvalue weighted by molar-refractivity contribution is -0.384. The molecule has 3 aromatic rings. The van der Waals surface area contributed by atoms with Gasteiger partial charge in [-0.25, -0.2) is 0 Å². The van der Waals surface area contributed by atoms with E-state index in [-0.39, 0.29) is 29.0 Å². The van der Waals surface area contributed by atoms with E-state index in [9.17, 15) is 24.5 Å². The normalized spacial score (nSPS) is 21.0. The fraction of sp³-hybridized carbons (Fsp3) is 0.457. The van der Waals surface area contributed by atoms with Crippen LogP contribution in [0.5, 0.6) is 0 Å². The summed E-state index contributed by atoms with van der Waals surface area (Å²) in [7, 11) is 0. The van der Waals surface area contributed by atoms with Gasteiger partial charge in [-0.1, -0.05) is 6.07 Å². The summed E-state index contributed by atoms with van der Waals surface area (Å²) >= 11 is 0. The number of fused-ring (bicyclic) bond motifs is 4. The van der Waals surface area contributed by atoms with Gasteiger partial charge in [-0.3, -0.25) is 29.4 Å². The molecule has 2 atom stereocenters. The van der Waals surface area contributed by atoms with Crippen molar-refractivity contribution in [2.75, 3.05) is 87.2 Å². The molecule has 4 aliphatic heterocycles. The van der Waals surface area contributed by atoms with E-state index in [0.29, 0.717) is 82.6 Å². The van der Waals surface area contributed by atoms with Gasteiger partial charge in [-0.2, -0.15) is 0 Å². The van der Waals surface area contributed by atoms with Crippen LogP contribution in [0.2, 0.25) is 0 Å². The van der Waals surface area contributed by atoms with Gasteiger partial charge in [-0.15, -0.1) is 0 Å². The molecule has 0 saturated carbocycles. The monoisotopic (exact) mass is 655 g/mol. The number of piperidine rings is 1. The predicted molar refractivity (Wildman–Crippen MR) is 182 cm³/mol. The lowest BCUT2D eigenvalue weighted by Crippen LogP contribution is -2.49. The van der Waals surface area contributed by atoms with Gasteiger partial charge in [0.15, 0.2) is 0 Å². The first kappa shape index (κ1) is 31.8. The van der Waals surface area contributed by atoms with Gasteiger partial charge < -0.3 is 29.3 Å². The number of nitro groups is 1. The van der Waals surface area contributed by atoms with E-state index in [0.717, 1.165) is 43.1 Å². The highest BCUT2D eigenvalue weighted by atomic mass is 16.6. The maximum absolute atomic E-state index is 13.8. The molecule has 0 spiro atoms. The van der Waals surface area contributed by atoms with E-state index in [1.54, 1.807) is 18.2 Å². The number of carbonyl (C=O) groups excluding carboxylic acids is 2. The van der Waals surface area contributed by atoms with Crippen LogP contribution in [0.3, 0.4) is 0 Å². The number of carbonyl (C=O) groups is 2. The van der Waals surface area contributed by atoms with Gasteiger partial charge in [0.1, 0.15) is 0 Å². The Morgan fingerprint density at radius 2 is 1.67 bits per heavy atom. The molecular formula is C35H41N7O6. The highest BCUT2D eigenvalue weighted by Crippen LogP contribution is 2.39. The molecule has 2 amide bonds. The molecule has 13 heteroatoms. The first-order chi connectivity index (χ1) is 23.3. The molecule has 252 valence electrons. The van der Waals surface area contributed by atoms with E-state index >= 15 is 0 Å². The Morgan fingerprint density at radius 1 is 0.896 bits per heavy atom. The number of hydrogen-bond donors (Lipinski definition) is 1. The van der Waals surface area contributed by atoms with Crippen molar-refractivity contribution in [1.82, 2.24) is 14.4 Å². The number of amides is 2. The summed E-state index contributed by atoms with van der Waals surface area (Å²) in [5.74, 6) is 0.301. The van der Waals surface area contributed by atoms with Crippen LogP contribution in [0.1, 0.15) is 34.8 Å². The Bertz CT molecular complexity index is 1730. The van der Waals surface area contributed by atoms with Crippen LogP contribution in [0, 0.1) is 16.0 Å². The minimum absolute atomic E-state index is 0.0420. The van der Waals surface area contributed by atoms with Crippen molar-refractivity contribution in [3.05, 3.63) is 92.4 Å². The second kappa shape index (κ2) is 13.8. The number of nitrogens with zero attached hydrogens (tertiary/aromatic N) is 6. The average Bonchev–Trinajstić information content (AvgIpc) is 3.11. The molecule has 5 heterocycles. The van der Waals surface area contributed by atoms with Crippen LogP contribution in [-0.2, 0) is 16.1 Å². The minimum Gasteiger partial charge on any atom is -0.379 e. The van der Waals surface area contributed by atoms with Crippen LogP contribution in [0.4, 0.5) is 22.7 Å². The number of rotatable bonds is 8. The molecule has 0 aliphatic carbocycles. The van der Waals surface area contributed by atoms with E-state index < -0.39 is 4.92 Å². The van der Waals surface area contributed by atoms with Gasteiger partial charge >= 0.3 is 0 Å². The summed E-state index contributed by atoms with van der Waals surface area (Å²) in [5.41, 5.74) is 4.06. The van der Waals surface area contributed by atoms with Gasteiger partial charge in [0, 0.05) is 113 Å². The molecule has 3 saturated heterocycles. The van der Waals surface area contributed by atoms with Crippen molar-refractivity contribution in [3.8, 4) is 0 Å². The Kier molecular flexibility index (Phi) is 9.13. The first-order valence-corrected chi connectivity index (χ1v) is 16.8. The van der Waals surface area contributed by atoms with E-state index in [2.05, 4.69) is 20.0 Å². The van der Waals surface area contributed by atoms with Crippen LogP contribution in [0.15, 0.2) is 65.5 Å². The standard InChI is InChI=1S/C35H41N7O6/c43-33(10-11-37-16-18-48-19-17-37)36-30-21-26(35(45)39-14-12-38(13-15-39)28-5-7-29(8-6-28)42(46)47)4-9-32(30)40-22-25-20-27(24-40)31-2-1-3-34(44)41(31)23-25/h1-9,21,25,27H,10-20,22-24H2,(H,36,43)/t25-,27+/m1/s1. The average molecular weight is 656 g/mol. The fourth-order valence-electron chi connectivity index (χ4n) is 7.57. The molecule has 0 unspecified atom stereocenters. The zero-order valence-corrected chi connectivity index (χ0v) is 27.0. The van der Waals surface area contributed by atoms with E-state index in [1.807, 2.05) is 39.8 Å². The molecule has 4 aliphatic rings. The quantitative estimate of drug-likeness (QED) is 0.287. The fourth-order valence-corrected chi connectivity index (χ4v) is 7.57. The van der Waals surface area contributed by atoms with Crippen molar-refractivity contribution in [2.24, 2.45) is 5.92 Å². The zero-order valence-electron chi connectivity index (χ0n) is 27.0. The number of pyridine rings is 1. The van der Waals surface area contributed by atoms with Crippen molar-refractivity contribution >= 4 is 34.6 Å². The predicted octanol–water partition coefficient (Wildman–Crippen LogP) is 3.00. The van der Waals surface area contributed by atoms with Crippen molar-refractivity contribution in [1.29, 1.82) is 0 Å². The lowest BCUT2D eigenvalue weighted by atomic mass is 9.83. The van der Waals surface area contributed by atoms with Crippen LogP contribution >= 0.6 is 0 Å². The maximum Gasteiger partial charge on any atom is 0.269 e. The Labute approximate surface area is 278 Å². The second-order valence-electron chi connectivity index (χ2n) is 13.1. The molecule has 3 fully saturated rings. The molecule has 48 heavy (non-hydrogen) atoms. The topological polar surface area (TPSA) is 134 Å². The SMILES string of the molecule is O=C(CCN1CCOCC1)Nc1cc(C(=O)N2CCN(c3ccc([N+](=O)[O-])cc3)CC2)ccc1N1C[C@H]2C[C@@H](C1)c1cccc(=O)n1C2. The maximum atomic E-state index is 13.8. The van der Waals surface area contributed by atoms with Crippen LogP contribution in [-0.4, -0.2) is 103 Å². The number of anilines is 3. The number of ether oxygens (including phenoxy) is 1. The number of morpholine rings is 1. The minimum atomic E-state index is -0.412. The number of nitro benzene ring substituents is 1. The summed E-state index contributed by atoms with van der Waals surface area (Å²) < 4.78 is 7.35. The number of nitrogens with one attached hydrogen (secondary N) is 1. The summed E-state index contributed by atoms with van der Waals surface area (Å²) in [5, 5.41) is 14.2. The summed E-state index contributed by atoms with van der Waals surface area (Å²) in [6, 6.07) is 17.6. The molecule has 7 rings (SSSR count). The number of hydrogen-bond acceptors (Lipinski definition) is 9. The van der Waals surface area contributed by atoms with Gasteiger partial charge in [0.05, 0.1) is 29.5 Å². The summed E-state index contributed by atoms with van der Waals surface area (Å²) in [6.07, 6.45) is 1.35. The first-order valence-electron chi connectivity index (χ1n) is 16.8. The lowest BCUT2D eigenvalue weighted by Gasteiger charge is -2.44. The van der Waals surface area contributed by atoms with Gasteiger partial charge in [0.25, 0.3) is 17.2 Å². The van der Waals surface area contributed by atoms with Crippen molar-refractivity contribution < 1.29 is 19.2 Å².